The van der Waals surface area contributed by atoms with Crippen molar-refractivity contribution < 1.29 is 14.0 Å². The normalized spacial score (nSPS) is 14.6. The molecule has 2 heterocycles. The zero-order valence-corrected chi connectivity index (χ0v) is 16.0. The van der Waals surface area contributed by atoms with Crippen LogP contribution < -0.4 is 0 Å². The fraction of sp³-hybridized carbons (Fsp3) is 0.261. The lowest BCUT2D eigenvalue weighted by Crippen LogP contribution is -2.35. The van der Waals surface area contributed by atoms with E-state index in [9.17, 15) is 9.59 Å². The molecule has 0 radical (unpaired) electrons. The van der Waals surface area contributed by atoms with Gasteiger partial charge in [-0.15, -0.1) is 0 Å². The fourth-order valence-electron chi connectivity index (χ4n) is 3.61. The fourth-order valence-corrected chi connectivity index (χ4v) is 3.61. The van der Waals surface area contributed by atoms with Gasteiger partial charge in [-0.2, -0.15) is 0 Å². The molecule has 0 fully saturated rings. The zero-order valence-electron chi connectivity index (χ0n) is 16.0. The third-order valence-corrected chi connectivity index (χ3v) is 4.91. The highest BCUT2D eigenvalue weighted by Gasteiger charge is 2.42. The van der Waals surface area contributed by atoms with Crippen LogP contribution in [-0.4, -0.2) is 21.7 Å². The van der Waals surface area contributed by atoms with E-state index in [1.807, 2.05) is 30.3 Å². The molecular weight excluding hydrogens is 352 g/mol. The van der Waals surface area contributed by atoms with E-state index in [-0.39, 0.29) is 17.7 Å². The van der Waals surface area contributed by atoms with E-state index in [0.717, 1.165) is 5.56 Å². The van der Waals surface area contributed by atoms with Crippen molar-refractivity contribution in [1.29, 1.82) is 0 Å². The van der Waals surface area contributed by atoms with Gasteiger partial charge in [0.05, 0.1) is 17.3 Å². The first-order chi connectivity index (χ1) is 13.5. The molecular formula is C23H22N2O3. The third kappa shape index (κ3) is 3.36. The molecule has 0 saturated carbocycles. The molecule has 1 aliphatic heterocycles. The number of carbonyl (C=O) groups excluding carboxylic acids is 2. The number of rotatable bonds is 6. The quantitative estimate of drug-likeness (QED) is 0.589. The van der Waals surface area contributed by atoms with Crippen molar-refractivity contribution in [1.82, 2.24) is 9.88 Å². The maximum absolute atomic E-state index is 12.9. The van der Waals surface area contributed by atoms with E-state index in [4.69, 9.17) is 4.42 Å². The van der Waals surface area contributed by atoms with Crippen LogP contribution in [0.1, 0.15) is 64.2 Å². The smallest absolute Gasteiger partial charge is 0.262 e. The number of hydrogen-bond donors (Lipinski definition) is 0. The molecule has 3 aromatic rings. The SMILES string of the molecule is CC(C)C[C@@H](c1ncc(Cc2ccccc2)o1)N1C(=O)c2ccccc2C1=O. The monoisotopic (exact) mass is 374 g/mol. The molecule has 5 heteroatoms. The van der Waals surface area contributed by atoms with E-state index < -0.39 is 6.04 Å². The van der Waals surface area contributed by atoms with Crippen molar-refractivity contribution in [2.24, 2.45) is 5.92 Å². The molecule has 0 spiro atoms. The minimum absolute atomic E-state index is 0.263. The van der Waals surface area contributed by atoms with Crippen molar-refractivity contribution in [3.8, 4) is 0 Å². The van der Waals surface area contributed by atoms with E-state index in [0.29, 0.717) is 35.6 Å². The van der Waals surface area contributed by atoms with Gasteiger partial charge in [0.15, 0.2) is 0 Å². The van der Waals surface area contributed by atoms with Crippen LogP contribution in [0.3, 0.4) is 0 Å². The van der Waals surface area contributed by atoms with E-state index in [2.05, 4.69) is 18.8 Å². The Labute approximate surface area is 164 Å². The number of nitrogens with zero attached hydrogens (tertiary/aromatic N) is 2. The summed E-state index contributed by atoms with van der Waals surface area (Å²) < 4.78 is 6.00. The maximum atomic E-state index is 12.9. The summed E-state index contributed by atoms with van der Waals surface area (Å²) >= 11 is 0. The molecule has 1 atom stereocenters. The van der Waals surface area contributed by atoms with Crippen molar-refractivity contribution in [3.05, 3.63) is 89.1 Å². The van der Waals surface area contributed by atoms with Crippen molar-refractivity contribution >= 4 is 11.8 Å². The van der Waals surface area contributed by atoms with E-state index in [1.54, 1.807) is 30.5 Å². The van der Waals surface area contributed by atoms with Crippen molar-refractivity contribution in [3.63, 3.8) is 0 Å². The Hall–Kier alpha value is -3.21. The minimum atomic E-state index is -0.517. The number of fused-ring (bicyclic) bond motifs is 1. The van der Waals surface area contributed by atoms with Gasteiger partial charge in [0, 0.05) is 6.42 Å². The summed E-state index contributed by atoms with van der Waals surface area (Å²) in [5.74, 6) is 0.822. The lowest BCUT2D eigenvalue weighted by molar-refractivity contribution is 0.0534. The van der Waals surface area contributed by atoms with Crippen LogP contribution in [0.5, 0.6) is 0 Å². The predicted molar refractivity (Wildman–Crippen MR) is 105 cm³/mol. The van der Waals surface area contributed by atoms with Crippen molar-refractivity contribution in [2.75, 3.05) is 0 Å². The molecule has 5 nitrogen and oxygen atoms in total. The van der Waals surface area contributed by atoms with Gasteiger partial charge >= 0.3 is 0 Å². The summed E-state index contributed by atoms with van der Waals surface area (Å²) in [6.45, 7) is 4.11. The number of imide groups is 1. The lowest BCUT2D eigenvalue weighted by Gasteiger charge is -2.25. The molecule has 0 aliphatic carbocycles. The van der Waals surface area contributed by atoms with Gasteiger partial charge in [0.25, 0.3) is 11.8 Å². The summed E-state index contributed by atoms with van der Waals surface area (Å²) in [4.78, 5) is 31.6. The molecule has 2 aromatic carbocycles. The van der Waals surface area contributed by atoms with Crippen LogP contribution in [0.2, 0.25) is 0 Å². The first kappa shape index (κ1) is 18.2. The highest BCUT2D eigenvalue weighted by Crippen LogP contribution is 2.35. The van der Waals surface area contributed by atoms with Gasteiger partial charge in [0.1, 0.15) is 11.8 Å². The Morgan fingerprint density at radius 3 is 2.14 bits per heavy atom. The molecule has 142 valence electrons. The van der Waals surface area contributed by atoms with Crippen LogP contribution in [0.25, 0.3) is 0 Å². The highest BCUT2D eigenvalue weighted by molar-refractivity contribution is 6.21. The van der Waals surface area contributed by atoms with Gasteiger partial charge < -0.3 is 4.42 Å². The standard InChI is InChI=1S/C23H22N2O3/c1-15(2)12-20(25-22(26)18-10-6-7-11-19(18)23(25)27)21-24-14-17(28-21)13-16-8-4-3-5-9-16/h3-11,14-15,20H,12-13H2,1-2H3/t20-/m0/s1. The van der Waals surface area contributed by atoms with Crippen LogP contribution in [-0.2, 0) is 6.42 Å². The average molecular weight is 374 g/mol. The molecule has 2 amide bonds. The van der Waals surface area contributed by atoms with Crippen LogP contribution >= 0.6 is 0 Å². The first-order valence-corrected chi connectivity index (χ1v) is 9.50. The van der Waals surface area contributed by atoms with Crippen LogP contribution in [0.15, 0.2) is 65.2 Å². The summed E-state index contributed by atoms with van der Waals surface area (Å²) in [5, 5.41) is 0. The maximum Gasteiger partial charge on any atom is 0.262 e. The Balaban J connectivity index is 1.65. The molecule has 0 N–H and O–H groups in total. The molecule has 28 heavy (non-hydrogen) atoms. The van der Waals surface area contributed by atoms with Crippen molar-refractivity contribution in [2.45, 2.75) is 32.7 Å². The minimum Gasteiger partial charge on any atom is -0.443 e. The molecule has 0 saturated heterocycles. The second-order valence-electron chi connectivity index (χ2n) is 7.50. The Kier molecular flexibility index (Phi) is 4.82. The molecule has 0 bridgehead atoms. The second kappa shape index (κ2) is 7.43. The number of benzene rings is 2. The number of hydrogen-bond acceptors (Lipinski definition) is 4. The second-order valence-corrected chi connectivity index (χ2v) is 7.50. The highest BCUT2D eigenvalue weighted by atomic mass is 16.4. The third-order valence-electron chi connectivity index (χ3n) is 4.91. The van der Waals surface area contributed by atoms with Crippen LogP contribution in [0, 0.1) is 5.92 Å². The zero-order chi connectivity index (χ0) is 19.7. The largest absolute Gasteiger partial charge is 0.443 e. The van der Waals surface area contributed by atoms with E-state index in [1.165, 1.54) is 4.90 Å². The average Bonchev–Trinajstić information content (AvgIpc) is 3.25. The molecule has 1 aromatic heterocycles. The van der Waals surface area contributed by atoms with Gasteiger partial charge in [0.2, 0.25) is 5.89 Å². The summed E-state index contributed by atoms with van der Waals surface area (Å²) in [7, 11) is 0. The summed E-state index contributed by atoms with van der Waals surface area (Å²) in [5.41, 5.74) is 2.00. The molecule has 1 aliphatic rings. The number of amides is 2. The van der Waals surface area contributed by atoms with Gasteiger partial charge in [-0.25, -0.2) is 4.98 Å². The number of carbonyl (C=O) groups is 2. The van der Waals surface area contributed by atoms with Gasteiger partial charge in [-0.05, 0) is 30.0 Å². The number of aromatic nitrogens is 1. The Morgan fingerprint density at radius 1 is 0.929 bits per heavy atom. The van der Waals surface area contributed by atoms with Crippen LogP contribution in [0.4, 0.5) is 0 Å². The lowest BCUT2D eigenvalue weighted by atomic mass is 10.0. The topological polar surface area (TPSA) is 63.4 Å². The first-order valence-electron chi connectivity index (χ1n) is 9.50. The predicted octanol–water partition coefficient (Wildman–Crippen LogP) is 4.65. The van der Waals surface area contributed by atoms with Gasteiger partial charge in [-0.1, -0.05) is 56.3 Å². The number of oxazole rings is 1. The molecule has 0 unspecified atom stereocenters. The Bertz CT molecular complexity index is 972. The molecule has 4 rings (SSSR count). The summed E-state index contributed by atoms with van der Waals surface area (Å²) in [6, 6.07) is 16.4. The van der Waals surface area contributed by atoms with Gasteiger partial charge in [-0.3, -0.25) is 14.5 Å². The summed E-state index contributed by atoms with van der Waals surface area (Å²) in [6.07, 6.45) is 2.90. The Morgan fingerprint density at radius 2 is 1.54 bits per heavy atom. The van der Waals surface area contributed by atoms with E-state index >= 15 is 0 Å².